The molecule has 0 heterocycles. The highest BCUT2D eigenvalue weighted by molar-refractivity contribution is 6.32. The van der Waals surface area contributed by atoms with Gasteiger partial charge in [0.25, 0.3) is 0 Å². The Morgan fingerprint density at radius 3 is 2.56 bits per heavy atom. The maximum atomic E-state index is 5.64. The van der Waals surface area contributed by atoms with Crippen LogP contribution in [0.3, 0.4) is 0 Å². The summed E-state index contributed by atoms with van der Waals surface area (Å²) >= 11 is 5.64. The molecule has 0 unspecified atom stereocenters. The van der Waals surface area contributed by atoms with Gasteiger partial charge in [-0.15, -0.1) is 0 Å². The van der Waals surface area contributed by atoms with Gasteiger partial charge in [0.1, 0.15) is 0 Å². The fourth-order valence-corrected chi connectivity index (χ4v) is 0.485. The van der Waals surface area contributed by atoms with E-state index in [1.54, 1.807) is 12.2 Å². The van der Waals surface area contributed by atoms with E-state index in [4.69, 9.17) is 17.3 Å². The van der Waals surface area contributed by atoms with E-state index in [0.29, 0.717) is 11.6 Å². The Bertz CT molecular complexity index is 147. The van der Waals surface area contributed by atoms with Crippen LogP contribution in [0.2, 0.25) is 0 Å². The van der Waals surface area contributed by atoms with Gasteiger partial charge in [0, 0.05) is 11.6 Å². The second-order valence-corrected chi connectivity index (χ2v) is 1.97. The van der Waals surface area contributed by atoms with Crippen molar-refractivity contribution in [2.45, 2.75) is 0 Å². The second kappa shape index (κ2) is 4.36. The molecule has 0 saturated carbocycles. The number of rotatable bonds is 3. The zero-order chi connectivity index (χ0) is 7.28. The molecule has 0 rings (SSSR count). The van der Waals surface area contributed by atoms with Crippen molar-refractivity contribution in [2.75, 3.05) is 6.54 Å². The van der Waals surface area contributed by atoms with Crippen molar-refractivity contribution in [2.24, 2.45) is 5.73 Å². The van der Waals surface area contributed by atoms with Crippen LogP contribution in [0.1, 0.15) is 0 Å². The fourth-order valence-electron chi connectivity index (χ4n) is 0.319. The van der Waals surface area contributed by atoms with Gasteiger partial charge < -0.3 is 5.73 Å². The van der Waals surface area contributed by atoms with Crippen molar-refractivity contribution >= 4 is 11.6 Å². The molecule has 0 radical (unpaired) electrons. The molecule has 0 amide bonds. The third-order valence-electron chi connectivity index (χ3n) is 0.848. The largest absolute Gasteiger partial charge is 0.326 e. The second-order valence-electron chi connectivity index (χ2n) is 1.56. The summed E-state index contributed by atoms with van der Waals surface area (Å²) in [5, 5.41) is 0.576. The standard InChI is InChI=1S/C7H10ClN/c1-3-4-7(8)6(2)5-9/h3-4H,1-2,5,9H2/b7-4+. The minimum absolute atomic E-state index is 0.392. The molecule has 0 spiro atoms. The Hall–Kier alpha value is -0.530. The molecule has 0 aliphatic rings. The monoisotopic (exact) mass is 143 g/mol. The van der Waals surface area contributed by atoms with Gasteiger partial charge in [0.2, 0.25) is 0 Å². The number of halogens is 1. The smallest absolute Gasteiger partial charge is 0.0444 e. The van der Waals surface area contributed by atoms with Gasteiger partial charge in [-0.1, -0.05) is 30.8 Å². The van der Waals surface area contributed by atoms with Crippen LogP contribution < -0.4 is 5.73 Å². The molecule has 0 aromatic carbocycles. The molecule has 2 heteroatoms. The first-order valence-corrected chi connectivity index (χ1v) is 2.96. The number of hydrogen-bond donors (Lipinski definition) is 1. The Labute approximate surface area is 60.5 Å². The predicted molar refractivity (Wildman–Crippen MR) is 42.3 cm³/mol. The van der Waals surface area contributed by atoms with Gasteiger partial charge in [-0.05, 0) is 11.6 Å². The molecular formula is C7H10ClN. The summed E-state index contributed by atoms with van der Waals surface area (Å²) in [7, 11) is 0. The van der Waals surface area contributed by atoms with E-state index in [-0.39, 0.29) is 0 Å². The molecule has 0 aromatic heterocycles. The molecule has 0 aromatic rings. The van der Waals surface area contributed by atoms with E-state index in [0.717, 1.165) is 5.57 Å². The van der Waals surface area contributed by atoms with Crippen molar-refractivity contribution in [1.82, 2.24) is 0 Å². The highest BCUT2D eigenvalue weighted by atomic mass is 35.5. The highest BCUT2D eigenvalue weighted by Gasteiger charge is 1.92. The van der Waals surface area contributed by atoms with E-state index in [1.165, 1.54) is 0 Å². The van der Waals surface area contributed by atoms with Crippen molar-refractivity contribution in [1.29, 1.82) is 0 Å². The van der Waals surface area contributed by atoms with Crippen molar-refractivity contribution in [3.8, 4) is 0 Å². The summed E-state index contributed by atoms with van der Waals surface area (Å²) in [6, 6.07) is 0. The summed E-state index contributed by atoms with van der Waals surface area (Å²) < 4.78 is 0. The summed E-state index contributed by atoms with van der Waals surface area (Å²) in [4.78, 5) is 0. The maximum Gasteiger partial charge on any atom is 0.0444 e. The minimum atomic E-state index is 0.392. The summed E-state index contributed by atoms with van der Waals surface area (Å²) in [6.07, 6.45) is 3.26. The first-order chi connectivity index (χ1) is 4.22. The molecule has 0 bridgehead atoms. The topological polar surface area (TPSA) is 26.0 Å². The quantitative estimate of drug-likeness (QED) is 0.600. The van der Waals surface area contributed by atoms with Crippen LogP contribution in [-0.2, 0) is 0 Å². The SMILES string of the molecule is C=C/C=C(/Cl)C(=C)CN. The number of hydrogen-bond acceptors (Lipinski definition) is 1. The lowest BCUT2D eigenvalue weighted by atomic mass is 10.3. The van der Waals surface area contributed by atoms with E-state index >= 15 is 0 Å². The van der Waals surface area contributed by atoms with Crippen LogP contribution in [0, 0.1) is 0 Å². The van der Waals surface area contributed by atoms with Crippen LogP contribution in [0.4, 0.5) is 0 Å². The number of nitrogens with two attached hydrogens (primary N) is 1. The Morgan fingerprint density at radius 2 is 2.22 bits per heavy atom. The Balaban J connectivity index is 4.01. The van der Waals surface area contributed by atoms with Crippen molar-refractivity contribution in [3.05, 3.63) is 35.9 Å². The lowest BCUT2D eigenvalue weighted by Gasteiger charge is -1.95. The first-order valence-electron chi connectivity index (χ1n) is 2.58. The molecule has 9 heavy (non-hydrogen) atoms. The summed E-state index contributed by atoms with van der Waals surface area (Å²) in [5.74, 6) is 0. The highest BCUT2D eigenvalue weighted by Crippen LogP contribution is 2.10. The third kappa shape index (κ3) is 3.12. The average molecular weight is 144 g/mol. The fraction of sp³-hybridized carbons (Fsp3) is 0.143. The van der Waals surface area contributed by atoms with Gasteiger partial charge in [-0.25, -0.2) is 0 Å². The van der Waals surface area contributed by atoms with Crippen LogP contribution >= 0.6 is 11.6 Å². The molecule has 0 aliphatic heterocycles. The summed E-state index contributed by atoms with van der Waals surface area (Å²) in [6.45, 7) is 7.49. The van der Waals surface area contributed by atoms with Crippen LogP contribution in [0.5, 0.6) is 0 Å². The Morgan fingerprint density at radius 1 is 1.67 bits per heavy atom. The summed E-state index contributed by atoms with van der Waals surface area (Å²) in [5.41, 5.74) is 5.98. The normalized spacial score (nSPS) is 11.1. The van der Waals surface area contributed by atoms with Gasteiger partial charge in [0.15, 0.2) is 0 Å². The Kier molecular flexibility index (Phi) is 4.10. The zero-order valence-electron chi connectivity index (χ0n) is 5.23. The van der Waals surface area contributed by atoms with Crippen molar-refractivity contribution < 1.29 is 0 Å². The molecule has 2 N–H and O–H groups in total. The molecule has 0 atom stereocenters. The lowest BCUT2D eigenvalue weighted by molar-refractivity contribution is 1.19. The average Bonchev–Trinajstić information content (AvgIpc) is 1.87. The number of allylic oxidation sites excluding steroid dienone is 2. The molecule has 0 saturated heterocycles. The molecular weight excluding hydrogens is 134 g/mol. The van der Waals surface area contributed by atoms with Gasteiger partial charge >= 0.3 is 0 Å². The molecule has 50 valence electrons. The van der Waals surface area contributed by atoms with E-state index in [9.17, 15) is 0 Å². The van der Waals surface area contributed by atoms with E-state index in [2.05, 4.69) is 13.2 Å². The van der Waals surface area contributed by atoms with Gasteiger partial charge in [-0.2, -0.15) is 0 Å². The van der Waals surface area contributed by atoms with E-state index < -0.39 is 0 Å². The zero-order valence-corrected chi connectivity index (χ0v) is 5.99. The lowest BCUT2D eigenvalue weighted by Crippen LogP contribution is -2.01. The van der Waals surface area contributed by atoms with Crippen molar-refractivity contribution in [3.63, 3.8) is 0 Å². The first kappa shape index (κ1) is 8.47. The minimum Gasteiger partial charge on any atom is -0.326 e. The van der Waals surface area contributed by atoms with Gasteiger partial charge in [0.05, 0.1) is 0 Å². The predicted octanol–water partition coefficient (Wildman–Crippen LogP) is 1.81. The van der Waals surface area contributed by atoms with Crippen LogP contribution in [0.15, 0.2) is 35.9 Å². The molecule has 1 nitrogen and oxygen atoms in total. The third-order valence-corrected chi connectivity index (χ3v) is 1.24. The van der Waals surface area contributed by atoms with Gasteiger partial charge in [-0.3, -0.25) is 0 Å². The maximum absolute atomic E-state index is 5.64. The molecule has 0 aliphatic carbocycles. The van der Waals surface area contributed by atoms with Crippen LogP contribution in [0.25, 0.3) is 0 Å². The van der Waals surface area contributed by atoms with Crippen LogP contribution in [-0.4, -0.2) is 6.54 Å². The molecule has 0 fully saturated rings. The van der Waals surface area contributed by atoms with E-state index in [1.807, 2.05) is 0 Å².